The Kier molecular flexibility index (Phi) is 3.82. The van der Waals surface area contributed by atoms with Gasteiger partial charge in [0, 0.05) is 5.56 Å². The topological polar surface area (TPSA) is 81.2 Å². The Morgan fingerprint density at radius 1 is 1.47 bits per heavy atom. The molecule has 0 bridgehead atoms. The summed E-state index contributed by atoms with van der Waals surface area (Å²) in [7, 11) is 0. The highest BCUT2D eigenvalue weighted by atomic mass is 35.5. The maximum atomic E-state index is 12.0. The van der Waals surface area contributed by atoms with Gasteiger partial charge in [0.25, 0.3) is 5.91 Å². The molecule has 1 heterocycles. The Morgan fingerprint density at radius 3 is 2.79 bits per heavy atom. The smallest absolute Gasteiger partial charge is 0.263 e. The van der Waals surface area contributed by atoms with Gasteiger partial charge in [-0.05, 0) is 25.2 Å². The van der Waals surface area contributed by atoms with E-state index in [9.17, 15) is 4.79 Å². The lowest BCUT2D eigenvalue weighted by Gasteiger charge is -2.04. The summed E-state index contributed by atoms with van der Waals surface area (Å²) in [5, 5.41) is 6.57. The first-order valence-electron chi connectivity index (χ1n) is 5.32. The number of aromatic nitrogens is 1. The van der Waals surface area contributed by atoms with E-state index in [2.05, 4.69) is 22.7 Å². The number of carbonyl (C=O) groups excluding carboxylic acids is 1. The highest BCUT2D eigenvalue weighted by Gasteiger charge is 2.23. The number of nitrogens with one attached hydrogen (secondary N) is 1. The van der Waals surface area contributed by atoms with E-state index in [1.54, 1.807) is 31.2 Å². The monoisotopic (exact) mass is 295 g/mol. The summed E-state index contributed by atoms with van der Waals surface area (Å²) in [4.78, 5) is 12.0. The Bertz CT molecular complexity index is 654. The van der Waals surface area contributed by atoms with Crippen LogP contribution in [0.3, 0.4) is 0 Å². The number of thiocarbonyl (C=S) groups is 1. The van der Waals surface area contributed by atoms with Crippen molar-refractivity contribution in [3.63, 3.8) is 0 Å². The molecule has 0 radical (unpaired) electrons. The molecule has 3 N–H and O–H groups in total. The van der Waals surface area contributed by atoms with Crippen molar-refractivity contribution in [2.24, 2.45) is 5.73 Å². The summed E-state index contributed by atoms with van der Waals surface area (Å²) >= 11 is 10.7. The fourth-order valence-electron chi connectivity index (χ4n) is 1.65. The molecule has 1 aromatic carbocycles. The summed E-state index contributed by atoms with van der Waals surface area (Å²) < 4.78 is 5.05. The lowest BCUT2D eigenvalue weighted by Crippen LogP contribution is -2.35. The highest BCUT2D eigenvalue weighted by Crippen LogP contribution is 2.30. The first kappa shape index (κ1) is 13.5. The van der Waals surface area contributed by atoms with Crippen molar-refractivity contribution in [1.29, 1.82) is 0 Å². The Balaban J connectivity index is 2.52. The van der Waals surface area contributed by atoms with Gasteiger partial charge in [-0.15, -0.1) is 0 Å². The zero-order valence-electron chi connectivity index (χ0n) is 9.94. The number of carbonyl (C=O) groups is 1. The van der Waals surface area contributed by atoms with Crippen molar-refractivity contribution < 1.29 is 9.32 Å². The van der Waals surface area contributed by atoms with E-state index in [1.165, 1.54) is 0 Å². The van der Waals surface area contributed by atoms with Crippen LogP contribution in [0, 0.1) is 6.92 Å². The van der Waals surface area contributed by atoms with Crippen molar-refractivity contribution in [2.75, 3.05) is 0 Å². The molecule has 1 amide bonds. The first-order chi connectivity index (χ1) is 9.00. The first-order valence-corrected chi connectivity index (χ1v) is 6.11. The summed E-state index contributed by atoms with van der Waals surface area (Å²) in [5.41, 5.74) is 6.52. The van der Waals surface area contributed by atoms with Gasteiger partial charge in [-0.1, -0.05) is 35.0 Å². The van der Waals surface area contributed by atoms with Crippen LogP contribution in [-0.2, 0) is 0 Å². The second-order valence-corrected chi connectivity index (χ2v) is 4.61. The zero-order chi connectivity index (χ0) is 14.0. The maximum Gasteiger partial charge on any atom is 0.263 e. The lowest BCUT2D eigenvalue weighted by molar-refractivity contribution is 0.0976. The third kappa shape index (κ3) is 2.74. The van der Waals surface area contributed by atoms with Crippen LogP contribution < -0.4 is 11.1 Å². The molecule has 7 heteroatoms. The number of rotatable bonds is 2. The van der Waals surface area contributed by atoms with Gasteiger partial charge in [-0.25, -0.2) is 0 Å². The standard InChI is InChI=1S/C12H10ClN3O2S/c1-6-9(11(17)15-12(14)19)10(16-18-6)7-4-2-3-5-8(7)13/h2-5H,1H3,(H3,14,15,17,19). The van der Waals surface area contributed by atoms with E-state index in [0.717, 1.165) is 0 Å². The maximum absolute atomic E-state index is 12.0. The molecular formula is C12H10ClN3O2S. The van der Waals surface area contributed by atoms with Crippen molar-refractivity contribution in [3.8, 4) is 11.3 Å². The number of hydrogen-bond donors (Lipinski definition) is 2. The zero-order valence-corrected chi connectivity index (χ0v) is 11.5. The molecule has 0 fully saturated rings. The van der Waals surface area contributed by atoms with E-state index >= 15 is 0 Å². The van der Waals surface area contributed by atoms with Crippen molar-refractivity contribution in [1.82, 2.24) is 10.5 Å². The number of aryl methyl sites for hydroxylation is 1. The van der Waals surface area contributed by atoms with Crippen molar-refractivity contribution in [3.05, 3.63) is 40.6 Å². The summed E-state index contributed by atoms with van der Waals surface area (Å²) in [6.45, 7) is 1.63. The van der Waals surface area contributed by atoms with Gasteiger partial charge in [0.2, 0.25) is 0 Å². The van der Waals surface area contributed by atoms with Crippen LogP contribution >= 0.6 is 23.8 Å². The molecule has 0 spiro atoms. The normalized spacial score (nSPS) is 10.2. The van der Waals surface area contributed by atoms with Crippen LogP contribution in [0.2, 0.25) is 5.02 Å². The van der Waals surface area contributed by atoms with Gasteiger partial charge in [0.05, 0.1) is 5.02 Å². The van der Waals surface area contributed by atoms with Gasteiger partial charge in [0.15, 0.2) is 5.11 Å². The third-order valence-corrected chi connectivity index (χ3v) is 2.89. The lowest BCUT2D eigenvalue weighted by atomic mass is 10.1. The molecular weight excluding hydrogens is 286 g/mol. The second kappa shape index (κ2) is 5.38. The van der Waals surface area contributed by atoms with E-state index in [4.69, 9.17) is 21.9 Å². The van der Waals surface area contributed by atoms with Crippen LogP contribution in [0.5, 0.6) is 0 Å². The van der Waals surface area contributed by atoms with E-state index < -0.39 is 5.91 Å². The van der Waals surface area contributed by atoms with Gasteiger partial charge >= 0.3 is 0 Å². The van der Waals surface area contributed by atoms with Crippen LogP contribution in [0.1, 0.15) is 16.1 Å². The van der Waals surface area contributed by atoms with Gasteiger partial charge in [0.1, 0.15) is 17.0 Å². The molecule has 0 saturated carbocycles. The molecule has 19 heavy (non-hydrogen) atoms. The van der Waals surface area contributed by atoms with Gasteiger partial charge in [-0.3, -0.25) is 10.1 Å². The third-order valence-electron chi connectivity index (χ3n) is 2.46. The molecule has 1 aromatic heterocycles. The molecule has 0 saturated heterocycles. The molecule has 0 unspecified atom stereocenters. The van der Waals surface area contributed by atoms with Crippen LogP contribution in [-0.4, -0.2) is 16.2 Å². The minimum atomic E-state index is -0.471. The summed E-state index contributed by atoms with van der Waals surface area (Å²) in [6, 6.07) is 7.03. The largest absolute Gasteiger partial charge is 0.376 e. The number of halogens is 1. The summed E-state index contributed by atoms with van der Waals surface area (Å²) in [6.07, 6.45) is 0. The predicted octanol–water partition coefficient (Wildman–Crippen LogP) is 2.28. The molecule has 0 aliphatic rings. The minimum Gasteiger partial charge on any atom is -0.376 e. The van der Waals surface area contributed by atoms with Crippen molar-refractivity contribution >= 4 is 34.8 Å². The number of hydrogen-bond acceptors (Lipinski definition) is 4. The molecule has 0 atom stereocenters. The van der Waals surface area contributed by atoms with E-state index in [1.807, 2.05) is 0 Å². The Labute approximate surface area is 119 Å². The molecule has 0 aliphatic carbocycles. The highest BCUT2D eigenvalue weighted by molar-refractivity contribution is 7.80. The molecule has 0 aliphatic heterocycles. The number of benzene rings is 1. The minimum absolute atomic E-state index is 0.115. The number of nitrogens with zero attached hydrogens (tertiary/aromatic N) is 1. The predicted molar refractivity (Wildman–Crippen MR) is 75.9 cm³/mol. The summed E-state index contributed by atoms with van der Waals surface area (Å²) in [5.74, 6) is -0.107. The van der Waals surface area contributed by atoms with Gasteiger partial charge < -0.3 is 10.3 Å². The fraction of sp³-hybridized carbons (Fsp3) is 0.0833. The molecule has 2 aromatic rings. The second-order valence-electron chi connectivity index (χ2n) is 3.76. The van der Waals surface area contributed by atoms with E-state index in [-0.39, 0.29) is 10.7 Å². The van der Waals surface area contributed by atoms with Crippen LogP contribution in [0.4, 0.5) is 0 Å². The van der Waals surface area contributed by atoms with Crippen LogP contribution in [0.25, 0.3) is 11.3 Å². The fourth-order valence-corrected chi connectivity index (χ4v) is 1.97. The van der Waals surface area contributed by atoms with Crippen LogP contribution in [0.15, 0.2) is 28.8 Å². The SMILES string of the molecule is Cc1onc(-c2ccccc2Cl)c1C(=O)NC(N)=S. The number of nitrogens with two attached hydrogens (primary N) is 1. The Morgan fingerprint density at radius 2 is 2.16 bits per heavy atom. The average molecular weight is 296 g/mol. The van der Waals surface area contributed by atoms with Gasteiger partial charge in [-0.2, -0.15) is 0 Å². The Hall–Kier alpha value is -1.92. The number of amides is 1. The molecule has 5 nitrogen and oxygen atoms in total. The van der Waals surface area contributed by atoms with E-state index in [0.29, 0.717) is 22.0 Å². The van der Waals surface area contributed by atoms with Crippen molar-refractivity contribution in [2.45, 2.75) is 6.92 Å². The quantitative estimate of drug-likeness (QED) is 0.831. The average Bonchev–Trinajstić information content (AvgIpc) is 2.70. The molecule has 2 rings (SSSR count). The molecule has 98 valence electrons.